The highest BCUT2D eigenvalue weighted by Gasteiger charge is 2.33. The van der Waals surface area contributed by atoms with Gasteiger partial charge >= 0.3 is 0 Å². The molecule has 1 unspecified atom stereocenters. The van der Waals surface area contributed by atoms with Gasteiger partial charge in [0.2, 0.25) is 15.9 Å². The molecule has 1 aliphatic rings. The third-order valence-electron chi connectivity index (χ3n) is 5.03. The van der Waals surface area contributed by atoms with E-state index in [2.05, 4.69) is 9.69 Å². The molecule has 0 saturated carbocycles. The van der Waals surface area contributed by atoms with Gasteiger partial charge in [-0.05, 0) is 61.6 Å². The van der Waals surface area contributed by atoms with Crippen molar-refractivity contribution in [3.05, 3.63) is 54.2 Å². The Balaban J connectivity index is 1.48. The monoisotopic (exact) mass is 415 g/mol. The van der Waals surface area contributed by atoms with Crippen LogP contribution >= 0.6 is 11.5 Å². The summed E-state index contributed by atoms with van der Waals surface area (Å²) < 4.78 is 32.5. The molecule has 0 spiro atoms. The third-order valence-corrected chi connectivity index (χ3v) is 7.69. The second kappa shape index (κ2) is 7.62. The zero-order valence-corrected chi connectivity index (χ0v) is 17.1. The number of aromatic nitrogens is 1. The number of fused-ring (bicyclic) bond motifs is 1. The summed E-state index contributed by atoms with van der Waals surface area (Å²) in [7, 11) is -3.59. The SMILES string of the molecule is Cc1ccc(S(=O)(=O)N2CCCC(C(=O)Nc3ccc4sncc4c3)C2)cc1. The maximum atomic E-state index is 12.9. The van der Waals surface area contributed by atoms with Crippen LogP contribution in [0.3, 0.4) is 0 Å². The number of nitrogens with zero attached hydrogens (tertiary/aromatic N) is 2. The van der Waals surface area contributed by atoms with Gasteiger partial charge in [0.1, 0.15) is 0 Å². The van der Waals surface area contributed by atoms with Gasteiger partial charge in [-0.25, -0.2) is 8.42 Å². The van der Waals surface area contributed by atoms with Gasteiger partial charge in [-0.15, -0.1) is 0 Å². The van der Waals surface area contributed by atoms with Gasteiger partial charge in [-0.1, -0.05) is 17.7 Å². The molecule has 1 fully saturated rings. The molecule has 0 radical (unpaired) electrons. The Morgan fingerprint density at radius 2 is 2.00 bits per heavy atom. The molecule has 0 aliphatic carbocycles. The van der Waals surface area contributed by atoms with E-state index in [1.54, 1.807) is 30.5 Å². The van der Waals surface area contributed by atoms with Crippen LogP contribution in [0.15, 0.2) is 53.6 Å². The summed E-state index contributed by atoms with van der Waals surface area (Å²) in [6.07, 6.45) is 3.11. The number of piperidine rings is 1. The molecule has 2 aromatic carbocycles. The zero-order valence-electron chi connectivity index (χ0n) is 15.5. The number of anilines is 1. The van der Waals surface area contributed by atoms with E-state index in [1.807, 2.05) is 25.1 Å². The number of sulfonamides is 1. The number of carbonyl (C=O) groups excluding carboxylic acids is 1. The van der Waals surface area contributed by atoms with Crippen LogP contribution in [-0.4, -0.2) is 36.1 Å². The van der Waals surface area contributed by atoms with Gasteiger partial charge in [-0.2, -0.15) is 8.68 Å². The van der Waals surface area contributed by atoms with Crippen LogP contribution in [0, 0.1) is 12.8 Å². The minimum Gasteiger partial charge on any atom is -0.326 e. The van der Waals surface area contributed by atoms with E-state index in [0.717, 1.165) is 15.6 Å². The van der Waals surface area contributed by atoms with Crippen molar-refractivity contribution < 1.29 is 13.2 Å². The van der Waals surface area contributed by atoms with Gasteiger partial charge in [0.05, 0.1) is 15.5 Å². The molecule has 1 saturated heterocycles. The quantitative estimate of drug-likeness (QED) is 0.705. The van der Waals surface area contributed by atoms with Crippen LogP contribution in [0.4, 0.5) is 5.69 Å². The molecule has 1 aliphatic heterocycles. The number of aryl methyl sites for hydroxylation is 1. The maximum absolute atomic E-state index is 12.9. The highest BCUT2D eigenvalue weighted by atomic mass is 32.2. The van der Waals surface area contributed by atoms with Crippen LogP contribution in [0.1, 0.15) is 18.4 Å². The summed E-state index contributed by atoms with van der Waals surface area (Å²) in [5.74, 6) is -0.517. The summed E-state index contributed by atoms with van der Waals surface area (Å²) >= 11 is 1.41. The molecule has 0 bridgehead atoms. The molecular weight excluding hydrogens is 394 g/mol. The van der Waals surface area contributed by atoms with Crippen LogP contribution in [0.25, 0.3) is 10.1 Å². The van der Waals surface area contributed by atoms with Crippen molar-refractivity contribution in [3.63, 3.8) is 0 Å². The van der Waals surface area contributed by atoms with Crippen LogP contribution in [0.5, 0.6) is 0 Å². The van der Waals surface area contributed by atoms with E-state index in [4.69, 9.17) is 0 Å². The van der Waals surface area contributed by atoms with Crippen molar-refractivity contribution in [3.8, 4) is 0 Å². The largest absolute Gasteiger partial charge is 0.326 e. The lowest BCUT2D eigenvalue weighted by molar-refractivity contribution is -0.120. The Labute approximate surface area is 168 Å². The smallest absolute Gasteiger partial charge is 0.243 e. The van der Waals surface area contributed by atoms with Crippen molar-refractivity contribution >= 4 is 43.2 Å². The maximum Gasteiger partial charge on any atom is 0.243 e. The Kier molecular flexibility index (Phi) is 5.18. The topological polar surface area (TPSA) is 79.4 Å². The molecule has 146 valence electrons. The first kappa shape index (κ1) is 19.0. The van der Waals surface area contributed by atoms with Crippen LogP contribution < -0.4 is 5.32 Å². The summed E-state index contributed by atoms with van der Waals surface area (Å²) in [6.45, 7) is 2.55. The summed E-state index contributed by atoms with van der Waals surface area (Å²) in [5, 5.41) is 3.91. The lowest BCUT2D eigenvalue weighted by Crippen LogP contribution is -2.43. The molecule has 28 heavy (non-hydrogen) atoms. The lowest BCUT2D eigenvalue weighted by atomic mass is 9.98. The summed E-state index contributed by atoms with van der Waals surface area (Å²) in [5.41, 5.74) is 1.71. The fourth-order valence-corrected chi connectivity index (χ4v) is 5.58. The summed E-state index contributed by atoms with van der Waals surface area (Å²) in [4.78, 5) is 13.0. The number of hydrogen-bond acceptors (Lipinski definition) is 5. The minimum absolute atomic E-state index is 0.147. The van der Waals surface area contributed by atoms with Crippen LogP contribution in [0.2, 0.25) is 0 Å². The first-order chi connectivity index (χ1) is 13.4. The van der Waals surface area contributed by atoms with Gasteiger partial charge in [0.25, 0.3) is 0 Å². The van der Waals surface area contributed by atoms with Crippen molar-refractivity contribution in [1.82, 2.24) is 8.68 Å². The van der Waals surface area contributed by atoms with Crippen LogP contribution in [-0.2, 0) is 14.8 Å². The molecule has 4 rings (SSSR count). The van der Waals surface area contributed by atoms with Gasteiger partial charge in [0, 0.05) is 30.4 Å². The highest BCUT2D eigenvalue weighted by Crippen LogP contribution is 2.26. The molecule has 1 aromatic heterocycles. The Morgan fingerprint density at radius 1 is 1.21 bits per heavy atom. The average Bonchev–Trinajstić information content (AvgIpc) is 3.16. The number of carbonyl (C=O) groups is 1. The predicted octanol–water partition coefficient (Wildman–Crippen LogP) is 3.64. The second-order valence-electron chi connectivity index (χ2n) is 7.08. The minimum atomic E-state index is -3.59. The van der Waals surface area contributed by atoms with E-state index in [1.165, 1.54) is 15.8 Å². The lowest BCUT2D eigenvalue weighted by Gasteiger charge is -2.31. The van der Waals surface area contributed by atoms with E-state index in [-0.39, 0.29) is 23.3 Å². The molecule has 8 heteroatoms. The second-order valence-corrected chi connectivity index (χ2v) is 9.85. The van der Waals surface area contributed by atoms with E-state index < -0.39 is 10.0 Å². The van der Waals surface area contributed by atoms with Crippen molar-refractivity contribution in [2.75, 3.05) is 18.4 Å². The van der Waals surface area contributed by atoms with Gasteiger partial charge < -0.3 is 5.32 Å². The summed E-state index contributed by atoms with van der Waals surface area (Å²) in [6, 6.07) is 12.5. The van der Waals surface area contributed by atoms with E-state index >= 15 is 0 Å². The fourth-order valence-electron chi connectivity index (χ4n) is 3.43. The average molecular weight is 416 g/mol. The van der Waals surface area contributed by atoms with Crippen molar-refractivity contribution in [2.45, 2.75) is 24.7 Å². The molecule has 1 atom stereocenters. The first-order valence-electron chi connectivity index (χ1n) is 9.15. The van der Waals surface area contributed by atoms with E-state index in [0.29, 0.717) is 25.1 Å². The first-order valence-corrected chi connectivity index (χ1v) is 11.4. The molecular formula is C20H21N3O3S2. The van der Waals surface area contributed by atoms with Crippen molar-refractivity contribution in [2.24, 2.45) is 5.92 Å². The van der Waals surface area contributed by atoms with E-state index in [9.17, 15) is 13.2 Å². The molecule has 6 nitrogen and oxygen atoms in total. The zero-order chi connectivity index (χ0) is 19.7. The number of hydrogen-bond donors (Lipinski definition) is 1. The molecule has 1 N–H and O–H groups in total. The number of nitrogens with one attached hydrogen (secondary N) is 1. The van der Waals surface area contributed by atoms with Gasteiger partial charge in [-0.3, -0.25) is 4.79 Å². The molecule has 3 aromatic rings. The number of rotatable bonds is 4. The molecule has 1 amide bonds. The third kappa shape index (κ3) is 3.80. The normalized spacial score (nSPS) is 18.2. The Morgan fingerprint density at radius 3 is 2.79 bits per heavy atom. The number of amides is 1. The Hall–Kier alpha value is -2.29. The predicted molar refractivity (Wildman–Crippen MR) is 111 cm³/mol. The highest BCUT2D eigenvalue weighted by molar-refractivity contribution is 7.89. The number of benzene rings is 2. The Bertz CT molecular complexity index is 1110. The van der Waals surface area contributed by atoms with Gasteiger partial charge in [0.15, 0.2) is 0 Å². The standard InChI is InChI=1S/C20H21N3O3S2/c1-14-4-7-18(8-5-14)28(25,26)23-10-2-3-15(13-23)20(24)22-17-6-9-19-16(11-17)12-21-27-19/h4-9,11-12,15H,2-3,10,13H2,1H3,(H,22,24). The fraction of sp³-hybridized carbons (Fsp3) is 0.300. The van der Waals surface area contributed by atoms with Crippen molar-refractivity contribution in [1.29, 1.82) is 0 Å². The molecule has 2 heterocycles.